The van der Waals surface area contributed by atoms with Crippen LogP contribution in [0.3, 0.4) is 0 Å². The number of aromatic nitrogens is 2. The van der Waals surface area contributed by atoms with Crippen molar-refractivity contribution in [3.05, 3.63) is 94.8 Å². The van der Waals surface area contributed by atoms with E-state index in [0.717, 1.165) is 41.1 Å². The molecule has 0 aliphatic heterocycles. The third kappa shape index (κ3) is 6.36. The van der Waals surface area contributed by atoms with Crippen molar-refractivity contribution < 1.29 is 9.53 Å². The number of aryl methyl sites for hydroxylation is 2. The Balaban J connectivity index is 1.33. The summed E-state index contributed by atoms with van der Waals surface area (Å²) in [7, 11) is 0. The summed E-state index contributed by atoms with van der Waals surface area (Å²) >= 11 is 5.91. The molecule has 0 bridgehead atoms. The van der Waals surface area contributed by atoms with Gasteiger partial charge in [0.2, 0.25) is 5.91 Å². The van der Waals surface area contributed by atoms with Crippen LogP contribution in [0.25, 0.3) is 11.0 Å². The van der Waals surface area contributed by atoms with Crippen LogP contribution >= 0.6 is 11.6 Å². The summed E-state index contributed by atoms with van der Waals surface area (Å²) in [6, 6.07) is 23.6. The Morgan fingerprint density at radius 1 is 1.06 bits per heavy atom. The first-order valence-electron chi connectivity index (χ1n) is 11.2. The Hall–Kier alpha value is -3.31. The number of amides is 1. The number of carbonyl (C=O) groups is 1. The van der Waals surface area contributed by atoms with E-state index in [2.05, 4.69) is 28.9 Å². The van der Waals surface area contributed by atoms with Crippen LogP contribution in [0.1, 0.15) is 23.4 Å². The van der Waals surface area contributed by atoms with E-state index >= 15 is 0 Å². The molecule has 0 atom stereocenters. The number of fused-ring (bicyclic) bond motifs is 1. The van der Waals surface area contributed by atoms with Crippen LogP contribution in [0.4, 0.5) is 0 Å². The van der Waals surface area contributed by atoms with Crippen LogP contribution in [-0.2, 0) is 24.2 Å². The average Bonchev–Trinajstić information content (AvgIpc) is 3.16. The highest BCUT2D eigenvalue weighted by atomic mass is 35.5. The van der Waals surface area contributed by atoms with E-state index in [-0.39, 0.29) is 5.91 Å². The summed E-state index contributed by atoms with van der Waals surface area (Å²) in [5.41, 5.74) is 4.21. The van der Waals surface area contributed by atoms with Gasteiger partial charge in [-0.25, -0.2) is 4.98 Å². The highest BCUT2D eigenvalue weighted by Gasteiger charge is 2.11. The van der Waals surface area contributed by atoms with Gasteiger partial charge in [0.15, 0.2) is 0 Å². The van der Waals surface area contributed by atoms with Crippen molar-refractivity contribution in [1.29, 1.82) is 0 Å². The molecule has 3 aromatic carbocycles. The second kappa shape index (κ2) is 11.0. The van der Waals surface area contributed by atoms with E-state index in [1.54, 1.807) is 12.1 Å². The largest absolute Gasteiger partial charge is 0.494 e. The SMILES string of the molecule is Cc1cccc(OCCCn2c(CCNC(=O)Cc3ccc(Cl)cc3)nc3ccccc32)c1. The molecule has 4 aromatic rings. The maximum atomic E-state index is 12.3. The first kappa shape index (κ1) is 22.9. The lowest BCUT2D eigenvalue weighted by Gasteiger charge is -2.11. The maximum Gasteiger partial charge on any atom is 0.224 e. The van der Waals surface area contributed by atoms with Crippen molar-refractivity contribution >= 4 is 28.5 Å². The van der Waals surface area contributed by atoms with Crippen molar-refractivity contribution in [1.82, 2.24) is 14.9 Å². The monoisotopic (exact) mass is 461 g/mol. The lowest BCUT2D eigenvalue weighted by Crippen LogP contribution is -2.28. The summed E-state index contributed by atoms with van der Waals surface area (Å²) < 4.78 is 8.15. The third-order valence-corrected chi connectivity index (χ3v) is 5.72. The second-order valence-electron chi connectivity index (χ2n) is 8.09. The van der Waals surface area contributed by atoms with Crippen LogP contribution in [-0.4, -0.2) is 28.6 Å². The molecule has 0 saturated heterocycles. The van der Waals surface area contributed by atoms with Crippen molar-refractivity contribution in [2.75, 3.05) is 13.2 Å². The minimum Gasteiger partial charge on any atom is -0.494 e. The van der Waals surface area contributed by atoms with Gasteiger partial charge in [-0.2, -0.15) is 0 Å². The predicted molar refractivity (Wildman–Crippen MR) is 133 cm³/mol. The highest BCUT2D eigenvalue weighted by molar-refractivity contribution is 6.30. The molecule has 1 heterocycles. The fourth-order valence-corrected chi connectivity index (χ4v) is 3.97. The fourth-order valence-electron chi connectivity index (χ4n) is 3.85. The van der Waals surface area contributed by atoms with E-state index in [4.69, 9.17) is 21.3 Å². The van der Waals surface area contributed by atoms with Crippen molar-refractivity contribution in [3.63, 3.8) is 0 Å². The van der Waals surface area contributed by atoms with Crippen LogP contribution < -0.4 is 10.1 Å². The third-order valence-electron chi connectivity index (χ3n) is 5.47. The molecular weight excluding hydrogens is 434 g/mol. The lowest BCUT2D eigenvalue weighted by molar-refractivity contribution is -0.120. The molecular formula is C27H28ClN3O2. The van der Waals surface area contributed by atoms with Gasteiger partial charge < -0.3 is 14.6 Å². The Morgan fingerprint density at radius 3 is 2.70 bits per heavy atom. The summed E-state index contributed by atoms with van der Waals surface area (Å²) in [5, 5.41) is 3.68. The first-order chi connectivity index (χ1) is 16.1. The number of hydrogen-bond donors (Lipinski definition) is 1. The highest BCUT2D eigenvalue weighted by Crippen LogP contribution is 2.18. The number of nitrogens with one attached hydrogen (secondary N) is 1. The molecule has 4 rings (SSSR count). The van der Waals surface area contributed by atoms with Crippen molar-refractivity contribution in [3.8, 4) is 5.75 Å². The quantitative estimate of drug-likeness (QED) is 0.323. The number of nitrogens with zero attached hydrogens (tertiary/aromatic N) is 2. The summed E-state index contributed by atoms with van der Waals surface area (Å²) in [6.45, 7) is 4.04. The molecule has 6 heteroatoms. The molecule has 33 heavy (non-hydrogen) atoms. The topological polar surface area (TPSA) is 56.1 Å². The van der Waals surface area contributed by atoms with Gasteiger partial charge in [0.25, 0.3) is 0 Å². The molecule has 0 unspecified atom stereocenters. The van der Waals surface area contributed by atoms with Crippen LogP contribution in [0, 0.1) is 6.92 Å². The molecule has 5 nitrogen and oxygen atoms in total. The van der Waals surface area contributed by atoms with Gasteiger partial charge in [-0.05, 0) is 60.9 Å². The van der Waals surface area contributed by atoms with E-state index in [1.807, 2.05) is 48.5 Å². The molecule has 0 saturated carbocycles. The average molecular weight is 462 g/mol. The van der Waals surface area contributed by atoms with Gasteiger partial charge in [-0.3, -0.25) is 4.79 Å². The van der Waals surface area contributed by atoms with E-state index in [9.17, 15) is 4.79 Å². The van der Waals surface area contributed by atoms with E-state index in [1.165, 1.54) is 5.56 Å². The van der Waals surface area contributed by atoms with Crippen molar-refractivity contribution in [2.45, 2.75) is 32.7 Å². The molecule has 170 valence electrons. The van der Waals surface area contributed by atoms with E-state index < -0.39 is 0 Å². The van der Waals surface area contributed by atoms with Gasteiger partial charge in [0.1, 0.15) is 11.6 Å². The Kier molecular flexibility index (Phi) is 7.63. The Morgan fingerprint density at radius 2 is 1.88 bits per heavy atom. The van der Waals surface area contributed by atoms with Gasteiger partial charge in [0.05, 0.1) is 24.1 Å². The standard InChI is InChI=1S/C27H28ClN3O2/c1-20-6-4-7-23(18-20)33-17-5-16-31-25-9-3-2-8-24(25)30-26(31)14-15-29-27(32)19-21-10-12-22(28)13-11-21/h2-4,6-13,18H,5,14-17,19H2,1H3,(H,29,32). The molecule has 1 amide bonds. The van der Waals surface area contributed by atoms with Crippen LogP contribution in [0.5, 0.6) is 5.75 Å². The lowest BCUT2D eigenvalue weighted by atomic mass is 10.1. The summed E-state index contributed by atoms with van der Waals surface area (Å²) in [6.07, 6.45) is 1.87. The zero-order chi connectivity index (χ0) is 23.0. The number of imidazole rings is 1. The van der Waals surface area contributed by atoms with Gasteiger partial charge in [-0.15, -0.1) is 0 Å². The number of hydrogen-bond acceptors (Lipinski definition) is 3. The first-order valence-corrected chi connectivity index (χ1v) is 11.6. The number of carbonyl (C=O) groups excluding carboxylic acids is 1. The minimum absolute atomic E-state index is 0.00784. The zero-order valence-corrected chi connectivity index (χ0v) is 19.5. The molecule has 0 radical (unpaired) electrons. The minimum atomic E-state index is -0.00784. The van der Waals surface area contributed by atoms with Crippen LogP contribution in [0.2, 0.25) is 5.02 Å². The number of ether oxygens (including phenoxy) is 1. The number of halogens is 1. The normalized spacial score (nSPS) is 11.0. The molecule has 0 aliphatic carbocycles. The molecule has 1 aromatic heterocycles. The Labute approximate surface area is 199 Å². The molecule has 1 N–H and O–H groups in total. The molecule has 0 spiro atoms. The number of rotatable bonds is 10. The summed E-state index contributed by atoms with van der Waals surface area (Å²) in [4.78, 5) is 17.1. The smallest absolute Gasteiger partial charge is 0.224 e. The fraction of sp³-hybridized carbons (Fsp3) is 0.259. The molecule has 0 fully saturated rings. The van der Waals surface area contributed by atoms with E-state index in [0.29, 0.717) is 31.0 Å². The zero-order valence-electron chi connectivity index (χ0n) is 18.8. The second-order valence-corrected chi connectivity index (χ2v) is 8.53. The van der Waals surface area contributed by atoms with Crippen LogP contribution in [0.15, 0.2) is 72.8 Å². The van der Waals surface area contributed by atoms with Crippen molar-refractivity contribution in [2.24, 2.45) is 0 Å². The maximum absolute atomic E-state index is 12.3. The van der Waals surface area contributed by atoms with Gasteiger partial charge in [-0.1, -0.05) is 48.0 Å². The molecule has 0 aliphatic rings. The van der Waals surface area contributed by atoms with Gasteiger partial charge >= 0.3 is 0 Å². The Bertz CT molecular complexity index is 1220. The predicted octanol–water partition coefficient (Wildman–Crippen LogP) is 5.37. The van der Waals surface area contributed by atoms with Gasteiger partial charge in [0, 0.05) is 24.5 Å². The number of para-hydroxylation sites is 2. The summed E-state index contributed by atoms with van der Waals surface area (Å²) in [5.74, 6) is 1.86. The number of benzene rings is 3.